The van der Waals surface area contributed by atoms with Crippen LogP contribution in [0.3, 0.4) is 0 Å². The Morgan fingerprint density at radius 3 is 2.42 bits per heavy atom. The average Bonchev–Trinajstić information content (AvgIpc) is 3.16. The summed E-state index contributed by atoms with van der Waals surface area (Å²) in [6.45, 7) is 2.52. The SMILES string of the molecule is O=C(N1CCC(B(O)O)C1)C1(C2CC2)CCOCC1. The molecule has 1 aliphatic carbocycles. The number of carbonyl (C=O) groups excluding carboxylic acids is 1. The number of hydrogen-bond donors (Lipinski definition) is 2. The van der Waals surface area contributed by atoms with E-state index in [1.54, 1.807) is 0 Å². The molecule has 0 radical (unpaired) electrons. The van der Waals surface area contributed by atoms with E-state index in [9.17, 15) is 14.8 Å². The maximum absolute atomic E-state index is 12.9. The van der Waals surface area contributed by atoms with Crippen molar-refractivity contribution in [3.05, 3.63) is 0 Å². The second kappa shape index (κ2) is 5.07. The fourth-order valence-electron chi connectivity index (χ4n) is 3.70. The topological polar surface area (TPSA) is 70.0 Å². The fourth-order valence-corrected chi connectivity index (χ4v) is 3.70. The van der Waals surface area contributed by atoms with Crippen molar-refractivity contribution in [1.29, 1.82) is 0 Å². The van der Waals surface area contributed by atoms with Crippen LogP contribution in [-0.4, -0.2) is 54.3 Å². The van der Waals surface area contributed by atoms with Crippen LogP contribution < -0.4 is 0 Å². The standard InChI is InChI=1S/C13H22BNO4/c16-12(15-6-3-11(9-15)14(17)18)13(10-1-2-10)4-7-19-8-5-13/h10-11,17-18H,1-9H2. The summed E-state index contributed by atoms with van der Waals surface area (Å²) < 4.78 is 5.42. The minimum absolute atomic E-state index is 0.181. The quantitative estimate of drug-likeness (QED) is 0.720. The summed E-state index contributed by atoms with van der Waals surface area (Å²) in [4.78, 5) is 14.7. The van der Waals surface area contributed by atoms with Crippen LogP contribution in [0.15, 0.2) is 0 Å². The number of amides is 1. The summed E-state index contributed by atoms with van der Waals surface area (Å²) in [6, 6.07) is 0. The van der Waals surface area contributed by atoms with Gasteiger partial charge in [0.05, 0.1) is 5.41 Å². The average molecular weight is 267 g/mol. The van der Waals surface area contributed by atoms with Gasteiger partial charge in [-0.25, -0.2) is 0 Å². The van der Waals surface area contributed by atoms with E-state index in [1.165, 1.54) is 0 Å². The van der Waals surface area contributed by atoms with Crippen molar-refractivity contribution < 1.29 is 19.6 Å². The minimum atomic E-state index is -1.30. The van der Waals surface area contributed by atoms with E-state index < -0.39 is 7.12 Å². The normalized spacial score (nSPS) is 30.4. The van der Waals surface area contributed by atoms with E-state index in [0.717, 1.165) is 25.7 Å². The van der Waals surface area contributed by atoms with E-state index in [0.29, 0.717) is 38.6 Å². The van der Waals surface area contributed by atoms with Crippen LogP contribution in [0.25, 0.3) is 0 Å². The Morgan fingerprint density at radius 2 is 1.89 bits per heavy atom. The molecule has 0 bridgehead atoms. The molecule has 1 unspecified atom stereocenters. The highest BCUT2D eigenvalue weighted by atomic mass is 16.5. The van der Waals surface area contributed by atoms with Crippen LogP contribution in [0.4, 0.5) is 0 Å². The summed E-state index contributed by atoms with van der Waals surface area (Å²) in [5.41, 5.74) is -0.215. The van der Waals surface area contributed by atoms with Gasteiger partial charge in [-0.2, -0.15) is 0 Å². The molecule has 5 nitrogen and oxygen atoms in total. The third-order valence-electron chi connectivity index (χ3n) is 5.10. The van der Waals surface area contributed by atoms with Gasteiger partial charge in [-0.1, -0.05) is 0 Å². The van der Waals surface area contributed by atoms with Crippen LogP contribution in [0.2, 0.25) is 5.82 Å². The van der Waals surface area contributed by atoms with E-state index in [4.69, 9.17) is 4.74 Å². The second-order valence-corrected chi connectivity index (χ2v) is 6.26. The number of rotatable bonds is 3. The molecule has 19 heavy (non-hydrogen) atoms. The van der Waals surface area contributed by atoms with E-state index in [1.807, 2.05) is 4.90 Å². The number of carbonyl (C=O) groups is 1. The van der Waals surface area contributed by atoms with Gasteiger partial charge in [-0.15, -0.1) is 0 Å². The number of ether oxygens (including phenoxy) is 1. The molecule has 2 saturated heterocycles. The summed E-state index contributed by atoms with van der Waals surface area (Å²) in [5, 5.41) is 18.5. The van der Waals surface area contributed by atoms with Gasteiger partial charge >= 0.3 is 7.12 Å². The first kappa shape index (κ1) is 13.4. The lowest BCUT2D eigenvalue weighted by Gasteiger charge is -2.39. The Bertz CT molecular complexity index is 353. The molecule has 0 aromatic heterocycles. The summed E-state index contributed by atoms with van der Waals surface area (Å²) in [5.74, 6) is 0.587. The van der Waals surface area contributed by atoms with Crippen molar-refractivity contribution in [1.82, 2.24) is 4.90 Å². The monoisotopic (exact) mass is 267 g/mol. The Hall–Kier alpha value is -0.585. The highest BCUT2D eigenvalue weighted by molar-refractivity contribution is 6.43. The van der Waals surface area contributed by atoms with E-state index in [2.05, 4.69) is 0 Å². The van der Waals surface area contributed by atoms with Gasteiger partial charge in [0.1, 0.15) is 0 Å². The van der Waals surface area contributed by atoms with Crippen LogP contribution in [0, 0.1) is 11.3 Å². The molecule has 106 valence electrons. The zero-order valence-electron chi connectivity index (χ0n) is 11.3. The zero-order chi connectivity index (χ0) is 13.5. The Morgan fingerprint density at radius 1 is 1.21 bits per heavy atom. The lowest BCUT2D eigenvalue weighted by molar-refractivity contribution is -0.148. The molecule has 2 aliphatic heterocycles. The van der Waals surface area contributed by atoms with Crippen LogP contribution in [0.1, 0.15) is 32.1 Å². The molecular formula is C13H22BNO4. The molecule has 1 atom stereocenters. The van der Waals surface area contributed by atoms with Crippen LogP contribution in [0.5, 0.6) is 0 Å². The smallest absolute Gasteiger partial charge is 0.427 e. The predicted molar refractivity (Wildman–Crippen MR) is 70.3 cm³/mol. The summed E-state index contributed by atoms with van der Waals surface area (Å²) in [6.07, 6.45) is 4.68. The first-order valence-corrected chi connectivity index (χ1v) is 7.37. The molecular weight excluding hydrogens is 245 g/mol. The van der Waals surface area contributed by atoms with E-state index in [-0.39, 0.29) is 17.1 Å². The van der Waals surface area contributed by atoms with Crippen molar-refractivity contribution in [3.63, 3.8) is 0 Å². The molecule has 6 heteroatoms. The first-order chi connectivity index (χ1) is 9.13. The third kappa shape index (κ3) is 2.41. The molecule has 2 heterocycles. The molecule has 1 saturated carbocycles. The van der Waals surface area contributed by atoms with Gasteiger partial charge in [0.25, 0.3) is 0 Å². The third-order valence-corrected chi connectivity index (χ3v) is 5.10. The largest absolute Gasteiger partial charge is 0.456 e. The lowest BCUT2D eigenvalue weighted by atomic mass is 9.72. The Balaban J connectivity index is 1.71. The molecule has 3 rings (SSSR count). The van der Waals surface area contributed by atoms with Gasteiger partial charge in [-0.05, 0) is 38.0 Å². The maximum Gasteiger partial charge on any atom is 0.456 e. The molecule has 0 aromatic carbocycles. The van der Waals surface area contributed by atoms with Crippen LogP contribution >= 0.6 is 0 Å². The van der Waals surface area contributed by atoms with E-state index >= 15 is 0 Å². The van der Waals surface area contributed by atoms with Crippen molar-refractivity contribution in [2.75, 3.05) is 26.3 Å². The number of nitrogens with zero attached hydrogens (tertiary/aromatic N) is 1. The molecule has 3 aliphatic rings. The Kier molecular flexibility index (Phi) is 3.58. The van der Waals surface area contributed by atoms with Gasteiger partial charge in [0, 0.05) is 32.1 Å². The summed E-state index contributed by atoms with van der Waals surface area (Å²) >= 11 is 0. The molecule has 3 fully saturated rings. The van der Waals surface area contributed by atoms with Crippen molar-refractivity contribution in [2.45, 2.75) is 37.9 Å². The van der Waals surface area contributed by atoms with Crippen molar-refractivity contribution in [3.8, 4) is 0 Å². The Labute approximate surface area is 114 Å². The molecule has 0 spiro atoms. The molecule has 2 N–H and O–H groups in total. The number of hydrogen-bond acceptors (Lipinski definition) is 4. The van der Waals surface area contributed by atoms with Crippen molar-refractivity contribution in [2.24, 2.45) is 11.3 Å². The predicted octanol–water partition coefficient (Wildman–Crippen LogP) is 0.268. The molecule has 1 amide bonds. The lowest BCUT2D eigenvalue weighted by Crippen LogP contribution is -2.47. The van der Waals surface area contributed by atoms with Crippen LogP contribution in [-0.2, 0) is 9.53 Å². The van der Waals surface area contributed by atoms with Gasteiger partial charge in [0.2, 0.25) is 5.91 Å². The van der Waals surface area contributed by atoms with Gasteiger partial charge < -0.3 is 19.7 Å². The zero-order valence-corrected chi connectivity index (χ0v) is 11.3. The highest BCUT2D eigenvalue weighted by Gasteiger charge is 2.53. The fraction of sp³-hybridized carbons (Fsp3) is 0.923. The second-order valence-electron chi connectivity index (χ2n) is 6.26. The molecule has 0 aromatic rings. The summed E-state index contributed by atoms with van der Waals surface area (Å²) in [7, 11) is -1.30. The minimum Gasteiger partial charge on any atom is -0.427 e. The van der Waals surface area contributed by atoms with Gasteiger partial charge in [0.15, 0.2) is 0 Å². The van der Waals surface area contributed by atoms with Crippen molar-refractivity contribution >= 4 is 13.0 Å². The van der Waals surface area contributed by atoms with Gasteiger partial charge in [-0.3, -0.25) is 4.79 Å². The maximum atomic E-state index is 12.9. The number of likely N-dealkylation sites (tertiary alicyclic amines) is 1. The first-order valence-electron chi connectivity index (χ1n) is 7.37. The highest BCUT2D eigenvalue weighted by Crippen LogP contribution is 2.52.